The van der Waals surface area contributed by atoms with Gasteiger partial charge < -0.3 is 0 Å². The predicted molar refractivity (Wildman–Crippen MR) is 64.7 cm³/mol. The van der Waals surface area contributed by atoms with Gasteiger partial charge in [0.2, 0.25) is 0 Å². The number of hydrogen-bond donors (Lipinski definition) is 0. The van der Waals surface area contributed by atoms with Gasteiger partial charge in [0.1, 0.15) is 0 Å². The number of hydrogen-bond acceptors (Lipinski definition) is 0. The van der Waals surface area contributed by atoms with Crippen molar-refractivity contribution in [1.29, 1.82) is 0 Å². The molecule has 0 aromatic rings. The molecule has 15 heavy (non-hydrogen) atoms. The van der Waals surface area contributed by atoms with Gasteiger partial charge in [0, 0.05) is 0 Å². The monoisotopic (exact) mass is 206 g/mol. The van der Waals surface area contributed by atoms with Crippen LogP contribution in [0, 0.1) is 28.6 Å². The Morgan fingerprint density at radius 1 is 0.733 bits per heavy atom. The molecule has 3 aliphatic carbocycles. The van der Waals surface area contributed by atoms with E-state index >= 15 is 0 Å². The van der Waals surface area contributed by atoms with Gasteiger partial charge in [-0.15, -0.1) is 0 Å². The summed E-state index contributed by atoms with van der Waals surface area (Å²) >= 11 is 0. The van der Waals surface area contributed by atoms with Crippen molar-refractivity contribution in [3.63, 3.8) is 0 Å². The fourth-order valence-corrected chi connectivity index (χ4v) is 5.45. The first-order valence-corrected chi connectivity index (χ1v) is 7.04. The first kappa shape index (κ1) is 10.2. The molecule has 0 heteroatoms. The van der Waals surface area contributed by atoms with Gasteiger partial charge in [-0.3, -0.25) is 0 Å². The van der Waals surface area contributed by atoms with E-state index in [4.69, 9.17) is 0 Å². The third-order valence-electron chi connectivity index (χ3n) is 6.01. The summed E-state index contributed by atoms with van der Waals surface area (Å²) in [5.41, 5.74) is 1.63. The molecule has 0 bridgehead atoms. The highest BCUT2D eigenvalue weighted by Gasteiger charge is 2.54. The summed E-state index contributed by atoms with van der Waals surface area (Å²) in [6.07, 6.45) is 10.9. The Labute approximate surface area is 94.8 Å². The molecule has 0 aromatic heterocycles. The molecule has 0 amide bonds. The summed E-state index contributed by atoms with van der Waals surface area (Å²) in [6.45, 7) is 7.43. The second-order valence-electron chi connectivity index (χ2n) is 7.49. The molecule has 1 unspecified atom stereocenters. The van der Waals surface area contributed by atoms with E-state index in [0.717, 1.165) is 28.6 Å². The first-order chi connectivity index (χ1) is 7.04. The van der Waals surface area contributed by atoms with Crippen molar-refractivity contribution in [2.45, 2.75) is 65.7 Å². The quantitative estimate of drug-likeness (QED) is 0.541. The maximum Gasteiger partial charge on any atom is -0.0266 e. The van der Waals surface area contributed by atoms with E-state index in [1.54, 1.807) is 44.9 Å². The zero-order valence-electron chi connectivity index (χ0n) is 10.7. The molecule has 3 saturated carbocycles. The van der Waals surface area contributed by atoms with Crippen molar-refractivity contribution in [2.75, 3.05) is 0 Å². The molecule has 1 atom stereocenters. The third kappa shape index (κ3) is 1.40. The Morgan fingerprint density at radius 2 is 1.33 bits per heavy atom. The first-order valence-electron chi connectivity index (χ1n) is 7.04. The standard InChI is InChI=1S/C15H26/c1-11-6-14(7-11)4-5-15(13(3)10-14)8-12(2)9-15/h11-13H,4-10H2,1-3H3. The molecule has 3 rings (SSSR count). The Morgan fingerprint density at radius 3 is 1.80 bits per heavy atom. The van der Waals surface area contributed by atoms with Crippen LogP contribution in [0.15, 0.2) is 0 Å². The van der Waals surface area contributed by atoms with Crippen molar-refractivity contribution in [2.24, 2.45) is 28.6 Å². The minimum atomic E-state index is 0.809. The Bertz CT molecular complexity index is 253. The summed E-state index contributed by atoms with van der Waals surface area (Å²) in [5.74, 6) is 3.09. The van der Waals surface area contributed by atoms with Crippen molar-refractivity contribution in [1.82, 2.24) is 0 Å². The van der Waals surface area contributed by atoms with Crippen LogP contribution in [0.2, 0.25) is 0 Å². The summed E-state index contributed by atoms with van der Waals surface area (Å²) in [5, 5.41) is 0. The van der Waals surface area contributed by atoms with Gasteiger partial charge in [-0.05, 0) is 73.5 Å². The maximum atomic E-state index is 2.55. The largest absolute Gasteiger partial charge is 0.0625 e. The lowest BCUT2D eigenvalue weighted by atomic mass is 9.44. The summed E-state index contributed by atoms with van der Waals surface area (Å²) < 4.78 is 0. The highest BCUT2D eigenvalue weighted by molar-refractivity contribution is 5.05. The summed E-state index contributed by atoms with van der Waals surface area (Å²) in [4.78, 5) is 0. The summed E-state index contributed by atoms with van der Waals surface area (Å²) in [6, 6.07) is 0. The van der Waals surface area contributed by atoms with Crippen LogP contribution in [0.3, 0.4) is 0 Å². The van der Waals surface area contributed by atoms with Gasteiger partial charge in [0.15, 0.2) is 0 Å². The highest BCUT2D eigenvalue weighted by Crippen LogP contribution is 2.65. The van der Waals surface area contributed by atoms with Crippen LogP contribution in [0.25, 0.3) is 0 Å². The molecule has 86 valence electrons. The Balaban J connectivity index is 1.66. The SMILES string of the molecule is CC1CC2(CCC3(CC(C)C3)C(C)C2)C1. The molecule has 0 radical (unpaired) electrons. The zero-order valence-corrected chi connectivity index (χ0v) is 10.7. The van der Waals surface area contributed by atoms with Crippen LogP contribution >= 0.6 is 0 Å². The molecule has 0 heterocycles. The molecule has 0 nitrogen and oxygen atoms in total. The van der Waals surface area contributed by atoms with Crippen LogP contribution in [-0.4, -0.2) is 0 Å². The molecule has 3 fully saturated rings. The Hall–Kier alpha value is 0. The van der Waals surface area contributed by atoms with Gasteiger partial charge in [-0.2, -0.15) is 0 Å². The molecule has 0 aliphatic heterocycles. The van der Waals surface area contributed by atoms with Crippen LogP contribution in [-0.2, 0) is 0 Å². The second-order valence-corrected chi connectivity index (χ2v) is 7.49. The fraction of sp³-hybridized carbons (Fsp3) is 1.00. The molecule has 3 aliphatic rings. The molecule has 0 aromatic carbocycles. The zero-order chi connectivity index (χ0) is 10.7. The smallest absolute Gasteiger partial charge is 0.0266 e. The van der Waals surface area contributed by atoms with Crippen molar-refractivity contribution in [3.8, 4) is 0 Å². The van der Waals surface area contributed by atoms with Gasteiger partial charge in [-0.25, -0.2) is 0 Å². The third-order valence-corrected chi connectivity index (χ3v) is 6.01. The van der Waals surface area contributed by atoms with Gasteiger partial charge in [0.25, 0.3) is 0 Å². The van der Waals surface area contributed by atoms with E-state index in [-0.39, 0.29) is 0 Å². The van der Waals surface area contributed by atoms with Crippen molar-refractivity contribution in [3.05, 3.63) is 0 Å². The van der Waals surface area contributed by atoms with Gasteiger partial charge in [-0.1, -0.05) is 20.8 Å². The molecule has 0 N–H and O–H groups in total. The van der Waals surface area contributed by atoms with Crippen LogP contribution in [0.1, 0.15) is 65.7 Å². The lowest BCUT2D eigenvalue weighted by Crippen LogP contribution is -2.51. The van der Waals surface area contributed by atoms with Crippen LogP contribution in [0.5, 0.6) is 0 Å². The van der Waals surface area contributed by atoms with Gasteiger partial charge >= 0.3 is 0 Å². The van der Waals surface area contributed by atoms with E-state index in [0.29, 0.717) is 0 Å². The lowest BCUT2D eigenvalue weighted by molar-refractivity contribution is -0.107. The molecule has 2 spiro atoms. The maximum absolute atomic E-state index is 2.55. The Kier molecular flexibility index (Phi) is 2.05. The summed E-state index contributed by atoms with van der Waals surface area (Å²) in [7, 11) is 0. The van der Waals surface area contributed by atoms with E-state index in [1.807, 2.05) is 0 Å². The van der Waals surface area contributed by atoms with E-state index < -0.39 is 0 Å². The van der Waals surface area contributed by atoms with Crippen LogP contribution < -0.4 is 0 Å². The van der Waals surface area contributed by atoms with Crippen molar-refractivity contribution >= 4 is 0 Å². The van der Waals surface area contributed by atoms with Gasteiger partial charge in [0.05, 0.1) is 0 Å². The van der Waals surface area contributed by atoms with E-state index in [1.165, 1.54) is 0 Å². The minimum Gasteiger partial charge on any atom is -0.0625 e. The highest BCUT2D eigenvalue weighted by atomic mass is 14.6. The topological polar surface area (TPSA) is 0 Å². The lowest BCUT2D eigenvalue weighted by Gasteiger charge is -2.61. The fourth-order valence-electron chi connectivity index (χ4n) is 5.45. The van der Waals surface area contributed by atoms with Crippen molar-refractivity contribution < 1.29 is 0 Å². The molecular weight excluding hydrogens is 180 g/mol. The van der Waals surface area contributed by atoms with Crippen LogP contribution in [0.4, 0.5) is 0 Å². The number of rotatable bonds is 0. The molecule has 0 saturated heterocycles. The van der Waals surface area contributed by atoms with E-state index in [9.17, 15) is 0 Å². The normalized spacial score (nSPS) is 59.0. The average Bonchev–Trinajstić information content (AvgIpc) is 2.06. The predicted octanol–water partition coefficient (Wildman–Crippen LogP) is 4.64. The minimum absolute atomic E-state index is 0.809. The second kappa shape index (κ2) is 3.02. The van der Waals surface area contributed by atoms with E-state index in [2.05, 4.69) is 20.8 Å². The molecular formula is C15H26. The average molecular weight is 206 g/mol.